The average Bonchev–Trinajstić information content (AvgIpc) is 2.48. The second-order valence-corrected chi connectivity index (χ2v) is 6.75. The smallest absolute Gasteiger partial charge is 0.240 e. The summed E-state index contributed by atoms with van der Waals surface area (Å²) in [6.07, 6.45) is 0. The van der Waals surface area contributed by atoms with Gasteiger partial charge in [-0.1, -0.05) is 6.07 Å². The monoisotopic (exact) mass is 352 g/mol. The fourth-order valence-electron chi connectivity index (χ4n) is 2.24. The molecule has 0 saturated heterocycles. The van der Waals surface area contributed by atoms with Crippen molar-refractivity contribution in [3.05, 3.63) is 29.6 Å². The standard InChI is InChI=1S/C18H29FN4O2/c1-7-25-15-9-8-13(10-14(15)19)11-21-17(20-5)23(6)12-16(24)22-18(2,3)4/h8-10H,7,11-12H2,1-6H3,(H,20,21)(H,22,24). The van der Waals surface area contributed by atoms with Crippen LogP contribution in [0.25, 0.3) is 0 Å². The van der Waals surface area contributed by atoms with E-state index in [4.69, 9.17) is 4.74 Å². The number of nitrogens with one attached hydrogen (secondary N) is 2. The zero-order valence-electron chi connectivity index (χ0n) is 15.9. The van der Waals surface area contributed by atoms with Crippen LogP contribution in [0.1, 0.15) is 33.3 Å². The molecule has 0 unspecified atom stereocenters. The molecule has 0 fully saturated rings. The molecule has 0 radical (unpaired) electrons. The van der Waals surface area contributed by atoms with Crippen LogP contribution in [0.4, 0.5) is 4.39 Å². The Morgan fingerprint density at radius 2 is 2.04 bits per heavy atom. The molecule has 1 aromatic carbocycles. The molecule has 7 heteroatoms. The number of carbonyl (C=O) groups is 1. The van der Waals surface area contributed by atoms with Gasteiger partial charge in [0.1, 0.15) is 0 Å². The van der Waals surface area contributed by atoms with E-state index in [9.17, 15) is 9.18 Å². The summed E-state index contributed by atoms with van der Waals surface area (Å²) in [5.41, 5.74) is 0.476. The number of nitrogens with zero attached hydrogens (tertiary/aromatic N) is 2. The Morgan fingerprint density at radius 1 is 1.36 bits per heavy atom. The van der Waals surface area contributed by atoms with Crippen LogP contribution in [0.5, 0.6) is 5.75 Å². The number of ether oxygens (including phenoxy) is 1. The third kappa shape index (κ3) is 7.41. The summed E-state index contributed by atoms with van der Waals surface area (Å²) in [7, 11) is 3.41. The van der Waals surface area contributed by atoms with Crippen LogP contribution in [0.2, 0.25) is 0 Å². The van der Waals surface area contributed by atoms with Crippen molar-refractivity contribution in [3.8, 4) is 5.75 Å². The number of amides is 1. The summed E-state index contributed by atoms with van der Waals surface area (Å²) in [5, 5.41) is 6.02. The van der Waals surface area contributed by atoms with Gasteiger partial charge in [0.2, 0.25) is 5.91 Å². The highest BCUT2D eigenvalue weighted by molar-refractivity contribution is 5.86. The van der Waals surface area contributed by atoms with E-state index < -0.39 is 5.82 Å². The minimum Gasteiger partial charge on any atom is -0.491 e. The molecule has 0 aliphatic carbocycles. The Bertz CT molecular complexity index is 612. The van der Waals surface area contributed by atoms with Gasteiger partial charge < -0.3 is 20.3 Å². The van der Waals surface area contributed by atoms with Gasteiger partial charge in [0.05, 0.1) is 13.2 Å². The largest absolute Gasteiger partial charge is 0.491 e. The van der Waals surface area contributed by atoms with Gasteiger partial charge in [-0.3, -0.25) is 9.79 Å². The summed E-state index contributed by atoms with van der Waals surface area (Å²) in [6.45, 7) is 8.58. The molecular formula is C18H29FN4O2. The number of benzene rings is 1. The van der Waals surface area contributed by atoms with Crippen molar-refractivity contribution >= 4 is 11.9 Å². The van der Waals surface area contributed by atoms with Crippen molar-refractivity contribution in [2.45, 2.75) is 39.8 Å². The summed E-state index contributed by atoms with van der Waals surface area (Å²) in [4.78, 5) is 17.9. The Balaban J connectivity index is 2.61. The summed E-state index contributed by atoms with van der Waals surface area (Å²) < 4.78 is 19.1. The summed E-state index contributed by atoms with van der Waals surface area (Å²) in [6, 6.07) is 4.83. The van der Waals surface area contributed by atoms with Crippen LogP contribution in [0.15, 0.2) is 23.2 Å². The number of guanidine groups is 1. The van der Waals surface area contributed by atoms with E-state index in [1.165, 1.54) is 6.07 Å². The topological polar surface area (TPSA) is 66.0 Å². The summed E-state index contributed by atoms with van der Waals surface area (Å²) >= 11 is 0. The number of hydrogen-bond donors (Lipinski definition) is 2. The molecule has 0 atom stereocenters. The van der Waals surface area contributed by atoms with Gasteiger partial charge in [0, 0.05) is 26.2 Å². The molecule has 0 heterocycles. The van der Waals surface area contributed by atoms with E-state index in [-0.39, 0.29) is 23.7 Å². The predicted molar refractivity (Wildman–Crippen MR) is 98.3 cm³/mol. The van der Waals surface area contributed by atoms with Gasteiger partial charge in [-0.05, 0) is 45.4 Å². The van der Waals surface area contributed by atoms with E-state index in [1.807, 2.05) is 27.7 Å². The van der Waals surface area contributed by atoms with Crippen LogP contribution in [-0.2, 0) is 11.3 Å². The van der Waals surface area contributed by atoms with Crippen LogP contribution in [0.3, 0.4) is 0 Å². The van der Waals surface area contributed by atoms with Gasteiger partial charge in [0.15, 0.2) is 17.5 Å². The van der Waals surface area contributed by atoms with Crippen LogP contribution in [0, 0.1) is 5.82 Å². The first kappa shape index (κ1) is 20.7. The first-order chi connectivity index (χ1) is 11.7. The third-order valence-electron chi connectivity index (χ3n) is 3.22. The number of carbonyl (C=O) groups excluding carboxylic acids is 1. The van der Waals surface area contributed by atoms with Crippen molar-refractivity contribution in [3.63, 3.8) is 0 Å². The second kappa shape index (κ2) is 9.25. The lowest BCUT2D eigenvalue weighted by atomic mass is 10.1. The number of aliphatic imine (C=N–C) groups is 1. The maximum Gasteiger partial charge on any atom is 0.240 e. The third-order valence-corrected chi connectivity index (χ3v) is 3.22. The molecule has 1 rings (SSSR count). The Kier molecular flexibility index (Phi) is 7.67. The Morgan fingerprint density at radius 3 is 2.56 bits per heavy atom. The first-order valence-corrected chi connectivity index (χ1v) is 8.30. The van der Waals surface area contributed by atoms with Crippen molar-refractivity contribution in [2.24, 2.45) is 4.99 Å². The highest BCUT2D eigenvalue weighted by Crippen LogP contribution is 2.18. The molecule has 0 aromatic heterocycles. The van der Waals surface area contributed by atoms with Gasteiger partial charge in [-0.25, -0.2) is 4.39 Å². The molecule has 140 valence electrons. The molecule has 0 saturated carbocycles. The lowest BCUT2D eigenvalue weighted by molar-refractivity contribution is -0.122. The van der Waals surface area contributed by atoms with E-state index >= 15 is 0 Å². The molecule has 0 aliphatic heterocycles. The lowest BCUT2D eigenvalue weighted by Crippen LogP contribution is -2.48. The normalized spacial score (nSPS) is 11.9. The molecule has 0 spiro atoms. The van der Waals surface area contributed by atoms with Crippen LogP contribution < -0.4 is 15.4 Å². The zero-order chi connectivity index (χ0) is 19.0. The quantitative estimate of drug-likeness (QED) is 0.608. The van der Waals surface area contributed by atoms with Crippen molar-refractivity contribution < 1.29 is 13.9 Å². The molecular weight excluding hydrogens is 323 g/mol. The molecule has 0 bridgehead atoms. The predicted octanol–water partition coefficient (Wildman–Crippen LogP) is 2.15. The number of halogens is 1. The maximum absolute atomic E-state index is 13.9. The number of rotatable bonds is 6. The highest BCUT2D eigenvalue weighted by atomic mass is 19.1. The molecule has 2 N–H and O–H groups in total. The van der Waals surface area contributed by atoms with Crippen molar-refractivity contribution in [2.75, 3.05) is 27.2 Å². The molecule has 25 heavy (non-hydrogen) atoms. The maximum atomic E-state index is 13.9. The van der Waals surface area contributed by atoms with E-state index in [1.54, 1.807) is 31.1 Å². The van der Waals surface area contributed by atoms with E-state index in [0.717, 1.165) is 5.56 Å². The highest BCUT2D eigenvalue weighted by Gasteiger charge is 2.16. The minimum absolute atomic E-state index is 0.0925. The zero-order valence-corrected chi connectivity index (χ0v) is 15.9. The van der Waals surface area contributed by atoms with Gasteiger partial charge in [-0.15, -0.1) is 0 Å². The summed E-state index contributed by atoms with van der Waals surface area (Å²) in [5.74, 6) is 0.309. The second-order valence-electron chi connectivity index (χ2n) is 6.75. The van der Waals surface area contributed by atoms with Crippen molar-refractivity contribution in [1.29, 1.82) is 0 Å². The average molecular weight is 352 g/mol. The van der Waals surface area contributed by atoms with Crippen molar-refractivity contribution in [1.82, 2.24) is 15.5 Å². The van der Waals surface area contributed by atoms with Gasteiger partial charge in [0.25, 0.3) is 0 Å². The van der Waals surface area contributed by atoms with Crippen LogP contribution in [-0.4, -0.2) is 49.6 Å². The van der Waals surface area contributed by atoms with Gasteiger partial charge in [-0.2, -0.15) is 0 Å². The molecule has 1 amide bonds. The molecule has 0 aliphatic rings. The molecule has 6 nitrogen and oxygen atoms in total. The van der Waals surface area contributed by atoms with Gasteiger partial charge >= 0.3 is 0 Å². The fourth-order valence-corrected chi connectivity index (χ4v) is 2.24. The lowest BCUT2D eigenvalue weighted by Gasteiger charge is -2.25. The Labute approximate surface area is 149 Å². The number of hydrogen-bond acceptors (Lipinski definition) is 3. The number of likely N-dealkylation sites (N-methyl/N-ethyl adjacent to an activating group) is 1. The first-order valence-electron chi connectivity index (χ1n) is 8.30. The van der Waals surface area contributed by atoms with Crippen LogP contribution >= 0.6 is 0 Å². The van der Waals surface area contributed by atoms with E-state index in [2.05, 4.69) is 15.6 Å². The molecule has 1 aromatic rings. The SMILES string of the molecule is CCOc1ccc(CNC(=NC)N(C)CC(=O)NC(C)(C)C)cc1F. The Hall–Kier alpha value is -2.31. The fraction of sp³-hybridized carbons (Fsp3) is 0.556. The minimum atomic E-state index is -0.394. The van der Waals surface area contributed by atoms with E-state index in [0.29, 0.717) is 19.1 Å².